The zero-order valence-electron chi connectivity index (χ0n) is 12.3. The molecule has 0 fully saturated rings. The molecule has 0 aliphatic heterocycles. The number of anilines is 1. The molecule has 2 rings (SSSR count). The largest absolute Gasteiger partial charge is 0.353 e. The molecule has 7 heteroatoms. The number of halogens is 1. The standard InChI is InChI=1S/C14H19FN4S2/c1-4-11(16)12(9-6-5-7-10(15)8-9)20-14-18-17-13(21-14)19(2)3/h5-8,11-12H,4,16H2,1-3H3. The van der Waals surface area contributed by atoms with Gasteiger partial charge in [0.15, 0.2) is 4.34 Å². The number of nitrogens with two attached hydrogens (primary N) is 1. The summed E-state index contributed by atoms with van der Waals surface area (Å²) < 4.78 is 14.3. The summed E-state index contributed by atoms with van der Waals surface area (Å²) in [5.74, 6) is -0.243. The van der Waals surface area contributed by atoms with Crippen molar-refractivity contribution in [3.8, 4) is 0 Å². The third kappa shape index (κ3) is 4.15. The van der Waals surface area contributed by atoms with E-state index in [1.165, 1.54) is 17.4 Å². The van der Waals surface area contributed by atoms with Crippen LogP contribution in [0.5, 0.6) is 0 Å². The molecule has 4 nitrogen and oxygen atoms in total. The first-order valence-electron chi connectivity index (χ1n) is 6.69. The van der Waals surface area contributed by atoms with Gasteiger partial charge in [-0.25, -0.2) is 4.39 Å². The smallest absolute Gasteiger partial charge is 0.208 e. The fourth-order valence-corrected chi connectivity index (χ4v) is 4.02. The molecule has 2 atom stereocenters. The van der Waals surface area contributed by atoms with Crippen LogP contribution in [0.1, 0.15) is 24.2 Å². The second-order valence-electron chi connectivity index (χ2n) is 4.91. The number of hydrogen-bond acceptors (Lipinski definition) is 6. The molecule has 21 heavy (non-hydrogen) atoms. The summed E-state index contributed by atoms with van der Waals surface area (Å²) >= 11 is 3.06. The van der Waals surface area contributed by atoms with Crippen LogP contribution in [0.25, 0.3) is 0 Å². The van der Waals surface area contributed by atoms with Crippen LogP contribution in [-0.4, -0.2) is 30.3 Å². The molecule has 2 N–H and O–H groups in total. The second kappa shape index (κ2) is 7.20. The highest BCUT2D eigenvalue weighted by Gasteiger charge is 2.22. The number of hydrogen-bond donors (Lipinski definition) is 1. The average molecular weight is 326 g/mol. The number of nitrogens with zero attached hydrogens (tertiary/aromatic N) is 3. The third-order valence-corrected chi connectivity index (χ3v) is 5.63. The maximum atomic E-state index is 13.5. The molecule has 0 bridgehead atoms. The monoisotopic (exact) mass is 326 g/mol. The third-order valence-electron chi connectivity index (χ3n) is 3.04. The zero-order chi connectivity index (χ0) is 15.4. The minimum Gasteiger partial charge on any atom is -0.353 e. The lowest BCUT2D eigenvalue weighted by Gasteiger charge is -2.21. The highest BCUT2D eigenvalue weighted by molar-refractivity contribution is 8.01. The maximum absolute atomic E-state index is 13.5. The van der Waals surface area contributed by atoms with E-state index in [4.69, 9.17) is 5.73 Å². The van der Waals surface area contributed by atoms with Crippen LogP contribution in [0, 0.1) is 5.82 Å². The predicted molar refractivity (Wildman–Crippen MR) is 87.5 cm³/mol. The van der Waals surface area contributed by atoms with Crippen molar-refractivity contribution >= 4 is 28.2 Å². The number of thioether (sulfide) groups is 1. The molecule has 0 aliphatic carbocycles. The minimum absolute atomic E-state index is 0.0336. The molecule has 2 unspecified atom stereocenters. The van der Waals surface area contributed by atoms with E-state index in [2.05, 4.69) is 10.2 Å². The molecule has 0 saturated heterocycles. The van der Waals surface area contributed by atoms with Crippen molar-refractivity contribution in [1.82, 2.24) is 10.2 Å². The molecule has 0 amide bonds. The molecule has 1 aromatic carbocycles. The summed E-state index contributed by atoms with van der Waals surface area (Å²) in [6.07, 6.45) is 0.813. The van der Waals surface area contributed by atoms with E-state index in [1.807, 2.05) is 32.0 Å². The average Bonchev–Trinajstić information content (AvgIpc) is 2.93. The van der Waals surface area contributed by atoms with Crippen LogP contribution < -0.4 is 10.6 Å². The van der Waals surface area contributed by atoms with Crippen LogP contribution in [0.2, 0.25) is 0 Å². The van der Waals surface area contributed by atoms with Crippen LogP contribution in [0.15, 0.2) is 28.6 Å². The zero-order valence-corrected chi connectivity index (χ0v) is 13.9. The van der Waals surface area contributed by atoms with Gasteiger partial charge in [-0.2, -0.15) is 0 Å². The van der Waals surface area contributed by atoms with E-state index < -0.39 is 0 Å². The van der Waals surface area contributed by atoms with Crippen molar-refractivity contribution in [3.63, 3.8) is 0 Å². The Balaban J connectivity index is 2.24. The van der Waals surface area contributed by atoms with Crippen molar-refractivity contribution in [2.24, 2.45) is 5.73 Å². The van der Waals surface area contributed by atoms with Gasteiger partial charge in [0.05, 0.1) is 5.25 Å². The maximum Gasteiger partial charge on any atom is 0.208 e. The van der Waals surface area contributed by atoms with Gasteiger partial charge in [0.25, 0.3) is 0 Å². The van der Waals surface area contributed by atoms with Gasteiger partial charge in [-0.05, 0) is 24.1 Å². The van der Waals surface area contributed by atoms with E-state index in [0.29, 0.717) is 0 Å². The number of rotatable bonds is 6. The summed E-state index contributed by atoms with van der Waals surface area (Å²) in [4.78, 5) is 1.92. The van der Waals surface area contributed by atoms with Gasteiger partial charge < -0.3 is 10.6 Å². The van der Waals surface area contributed by atoms with Crippen molar-refractivity contribution in [2.45, 2.75) is 29.0 Å². The topological polar surface area (TPSA) is 55.0 Å². The molecule has 1 aromatic heterocycles. The first-order valence-corrected chi connectivity index (χ1v) is 8.39. The van der Waals surface area contributed by atoms with E-state index in [0.717, 1.165) is 21.5 Å². The molecule has 0 aliphatic rings. The Bertz CT molecular complexity index is 588. The predicted octanol–water partition coefficient (Wildman–Crippen LogP) is 3.31. The minimum atomic E-state index is -0.243. The Morgan fingerprint density at radius 3 is 2.71 bits per heavy atom. The number of aromatic nitrogens is 2. The van der Waals surface area contributed by atoms with Gasteiger partial charge in [-0.3, -0.25) is 0 Å². The molecular weight excluding hydrogens is 307 g/mol. The lowest BCUT2D eigenvalue weighted by Crippen LogP contribution is -2.25. The van der Waals surface area contributed by atoms with Gasteiger partial charge in [0, 0.05) is 20.1 Å². The van der Waals surface area contributed by atoms with Gasteiger partial charge in [-0.15, -0.1) is 10.2 Å². The summed E-state index contributed by atoms with van der Waals surface area (Å²) in [5, 5.41) is 9.12. The molecule has 0 radical (unpaired) electrons. The first kappa shape index (κ1) is 16.2. The van der Waals surface area contributed by atoms with Crippen LogP contribution in [0.3, 0.4) is 0 Å². The summed E-state index contributed by atoms with van der Waals surface area (Å²) in [6, 6.07) is 6.54. The Morgan fingerprint density at radius 1 is 1.38 bits per heavy atom. The molecule has 0 saturated carbocycles. The molecular formula is C14H19FN4S2. The van der Waals surface area contributed by atoms with E-state index in [1.54, 1.807) is 23.9 Å². The highest BCUT2D eigenvalue weighted by Crippen LogP contribution is 2.40. The van der Waals surface area contributed by atoms with Gasteiger partial charge in [-0.1, -0.05) is 42.2 Å². The Hall–Kier alpha value is -1.18. The Labute approximate surface area is 132 Å². The lowest BCUT2D eigenvalue weighted by atomic mass is 10.0. The Kier molecular flexibility index (Phi) is 5.55. The van der Waals surface area contributed by atoms with Crippen LogP contribution in [0.4, 0.5) is 9.52 Å². The second-order valence-corrected chi connectivity index (χ2v) is 7.26. The van der Waals surface area contributed by atoms with Crippen molar-refractivity contribution < 1.29 is 4.39 Å². The van der Waals surface area contributed by atoms with E-state index in [9.17, 15) is 4.39 Å². The van der Waals surface area contributed by atoms with Gasteiger partial charge in [0.1, 0.15) is 5.82 Å². The Morgan fingerprint density at radius 2 is 2.14 bits per heavy atom. The SMILES string of the molecule is CCC(N)C(Sc1nnc(N(C)C)s1)c1cccc(F)c1. The van der Waals surface area contributed by atoms with Crippen LogP contribution >= 0.6 is 23.1 Å². The summed E-state index contributed by atoms with van der Waals surface area (Å²) in [5.41, 5.74) is 7.10. The molecule has 2 aromatic rings. The summed E-state index contributed by atoms with van der Waals surface area (Å²) in [7, 11) is 3.85. The molecule has 1 heterocycles. The highest BCUT2D eigenvalue weighted by atomic mass is 32.2. The normalized spacial score (nSPS) is 14.0. The molecule has 114 valence electrons. The quantitative estimate of drug-likeness (QED) is 0.825. The fourth-order valence-electron chi connectivity index (χ4n) is 1.84. The fraction of sp³-hybridized carbons (Fsp3) is 0.429. The van der Waals surface area contributed by atoms with Crippen molar-refractivity contribution in [3.05, 3.63) is 35.6 Å². The van der Waals surface area contributed by atoms with Crippen molar-refractivity contribution in [1.29, 1.82) is 0 Å². The van der Waals surface area contributed by atoms with Crippen molar-refractivity contribution in [2.75, 3.05) is 19.0 Å². The van der Waals surface area contributed by atoms with E-state index in [-0.39, 0.29) is 17.1 Å². The molecule has 0 spiro atoms. The van der Waals surface area contributed by atoms with Crippen LogP contribution in [-0.2, 0) is 0 Å². The summed E-state index contributed by atoms with van der Waals surface area (Å²) in [6.45, 7) is 2.03. The number of benzene rings is 1. The van der Waals surface area contributed by atoms with Gasteiger partial charge >= 0.3 is 0 Å². The van der Waals surface area contributed by atoms with E-state index >= 15 is 0 Å². The van der Waals surface area contributed by atoms with Gasteiger partial charge in [0.2, 0.25) is 5.13 Å². The first-order chi connectivity index (χ1) is 10.0. The lowest BCUT2D eigenvalue weighted by molar-refractivity contribution is 0.609.